The average molecular weight is 268 g/mol. The highest BCUT2D eigenvalue weighted by molar-refractivity contribution is 5.93. The van der Waals surface area contributed by atoms with Gasteiger partial charge in [-0.05, 0) is 27.2 Å². The SMILES string of the molecule is CCC[C@@H](C)NC(=O)COC(=O)c1c(C)noc1C. The molecule has 1 aromatic rings. The van der Waals surface area contributed by atoms with Crippen molar-refractivity contribution in [3.63, 3.8) is 0 Å². The van der Waals surface area contributed by atoms with Gasteiger partial charge in [0, 0.05) is 6.04 Å². The van der Waals surface area contributed by atoms with Crippen molar-refractivity contribution in [1.29, 1.82) is 0 Å². The maximum atomic E-state index is 11.8. The molecule has 1 heterocycles. The Bertz CT molecular complexity index is 434. The molecule has 0 aliphatic carbocycles. The molecular weight excluding hydrogens is 248 g/mol. The van der Waals surface area contributed by atoms with Gasteiger partial charge in [-0.25, -0.2) is 4.79 Å². The first-order valence-corrected chi connectivity index (χ1v) is 6.35. The number of rotatable bonds is 6. The second kappa shape index (κ2) is 6.92. The number of ether oxygens (including phenoxy) is 1. The molecule has 0 saturated heterocycles. The third-order valence-corrected chi connectivity index (χ3v) is 2.70. The largest absolute Gasteiger partial charge is 0.452 e. The van der Waals surface area contributed by atoms with Crippen LogP contribution in [0, 0.1) is 13.8 Å². The van der Waals surface area contributed by atoms with Gasteiger partial charge in [-0.15, -0.1) is 0 Å². The van der Waals surface area contributed by atoms with E-state index in [-0.39, 0.29) is 24.1 Å². The van der Waals surface area contributed by atoms with E-state index in [0.29, 0.717) is 11.5 Å². The minimum atomic E-state index is -0.588. The Morgan fingerprint density at radius 1 is 1.42 bits per heavy atom. The monoisotopic (exact) mass is 268 g/mol. The first kappa shape index (κ1) is 15.2. The molecule has 0 fully saturated rings. The topological polar surface area (TPSA) is 81.4 Å². The fourth-order valence-electron chi connectivity index (χ4n) is 1.80. The molecule has 0 radical (unpaired) electrons. The Labute approximate surface area is 112 Å². The molecule has 0 unspecified atom stereocenters. The molecule has 1 amide bonds. The number of nitrogens with zero attached hydrogens (tertiary/aromatic N) is 1. The number of hydrogen-bond donors (Lipinski definition) is 1. The van der Waals surface area contributed by atoms with E-state index in [2.05, 4.69) is 10.5 Å². The summed E-state index contributed by atoms with van der Waals surface area (Å²) in [6.45, 7) is 6.94. The van der Waals surface area contributed by atoms with Gasteiger partial charge in [0.05, 0.1) is 5.69 Å². The number of amides is 1. The zero-order chi connectivity index (χ0) is 14.4. The number of nitrogens with one attached hydrogen (secondary N) is 1. The van der Waals surface area contributed by atoms with Crippen molar-refractivity contribution in [2.75, 3.05) is 6.61 Å². The number of carbonyl (C=O) groups excluding carboxylic acids is 2. The lowest BCUT2D eigenvalue weighted by atomic mass is 10.2. The standard InChI is InChI=1S/C13H20N2O4/c1-5-6-8(2)14-11(16)7-18-13(17)12-9(3)15-19-10(12)4/h8H,5-7H2,1-4H3,(H,14,16)/t8-/m1/s1. The summed E-state index contributed by atoms with van der Waals surface area (Å²) in [6.07, 6.45) is 1.88. The van der Waals surface area contributed by atoms with Crippen LogP contribution in [0.3, 0.4) is 0 Å². The van der Waals surface area contributed by atoms with Gasteiger partial charge in [-0.3, -0.25) is 4.79 Å². The maximum Gasteiger partial charge on any atom is 0.344 e. The van der Waals surface area contributed by atoms with Gasteiger partial charge in [-0.1, -0.05) is 18.5 Å². The number of hydrogen-bond acceptors (Lipinski definition) is 5. The predicted molar refractivity (Wildman–Crippen MR) is 68.8 cm³/mol. The quantitative estimate of drug-likeness (QED) is 0.795. The molecule has 1 rings (SSSR count). The average Bonchev–Trinajstić information content (AvgIpc) is 2.66. The van der Waals surface area contributed by atoms with E-state index in [0.717, 1.165) is 12.8 Å². The van der Waals surface area contributed by atoms with Crippen molar-refractivity contribution in [3.05, 3.63) is 17.0 Å². The molecule has 1 N–H and O–H groups in total. The fourth-order valence-corrected chi connectivity index (χ4v) is 1.80. The Hall–Kier alpha value is -1.85. The Morgan fingerprint density at radius 3 is 2.63 bits per heavy atom. The number of carbonyl (C=O) groups is 2. The van der Waals surface area contributed by atoms with Crippen LogP contribution in [0.5, 0.6) is 0 Å². The van der Waals surface area contributed by atoms with Crippen LogP contribution >= 0.6 is 0 Å². The summed E-state index contributed by atoms with van der Waals surface area (Å²) in [6, 6.07) is 0.0790. The van der Waals surface area contributed by atoms with Crippen molar-refractivity contribution in [2.24, 2.45) is 0 Å². The lowest BCUT2D eigenvalue weighted by molar-refractivity contribution is -0.124. The van der Waals surface area contributed by atoms with Gasteiger partial charge >= 0.3 is 5.97 Å². The molecule has 0 aliphatic rings. The van der Waals surface area contributed by atoms with E-state index in [9.17, 15) is 9.59 Å². The minimum absolute atomic E-state index is 0.0790. The van der Waals surface area contributed by atoms with Crippen LogP contribution in [0.1, 0.15) is 48.5 Å². The second-order valence-corrected chi connectivity index (χ2v) is 4.53. The van der Waals surface area contributed by atoms with Gasteiger partial charge in [0.25, 0.3) is 5.91 Å². The van der Waals surface area contributed by atoms with Crippen LogP contribution in [0.4, 0.5) is 0 Å². The maximum absolute atomic E-state index is 11.8. The van der Waals surface area contributed by atoms with Crippen molar-refractivity contribution in [3.8, 4) is 0 Å². The molecule has 19 heavy (non-hydrogen) atoms. The Morgan fingerprint density at radius 2 is 2.11 bits per heavy atom. The highest BCUT2D eigenvalue weighted by Crippen LogP contribution is 2.13. The summed E-state index contributed by atoms with van der Waals surface area (Å²) < 4.78 is 9.81. The van der Waals surface area contributed by atoms with E-state index >= 15 is 0 Å². The van der Waals surface area contributed by atoms with E-state index in [4.69, 9.17) is 9.26 Å². The summed E-state index contributed by atoms with van der Waals surface area (Å²) in [7, 11) is 0. The van der Waals surface area contributed by atoms with Crippen LogP contribution in [-0.2, 0) is 9.53 Å². The predicted octanol–water partition coefficient (Wildman–Crippen LogP) is 1.75. The zero-order valence-corrected chi connectivity index (χ0v) is 11.8. The van der Waals surface area contributed by atoms with Crippen LogP contribution in [0.2, 0.25) is 0 Å². The van der Waals surface area contributed by atoms with Crippen LogP contribution in [0.25, 0.3) is 0 Å². The van der Waals surface area contributed by atoms with Crippen molar-refractivity contribution >= 4 is 11.9 Å². The molecule has 6 nitrogen and oxygen atoms in total. The van der Waals surface area contributed by atoms with Gasteiger partial charge in [-0.2, -0.15) is 0 Å². The molecule has 0 aromatic carbocycles. The molecule has 106 valence electrons. The van der Waals surface area contributed by atoms with Gasteiger partial charge in [0.15, 0.2) is 6.61 Å². The molecule has 0 aliphatic heterocycles. The number of esters is 1. The summed E-state index contributed by atoms with van der Waals surface area (Å²) in [4.78, 5) is 23.3. The van der Waals surface area contributed by atoms with Crippen molar-refractivity contribution in [1.82, 2.24) is 10.5 Å². The van der Waals surface area contributed by atoms with E-state index < -0.39 is 5.97 Å². The Balaban J connectivity index is 2.45. The first-order chi connectivity index (χ1) is 8.95. The highest BCUT2D eigenvalue weighted by atomic mass is 16.5. The normalized spacial score (nSPS) is 12.0. The number of aryl methyl sites for hydroxylation is 2. The van der Waals surface area contributed by atoms with E-state index in [1.807, 2.05) is 13.8 Å². The molecule has 6 heteroatoms. The van der Waals surface area contributed by atoms with Crippen molar-refractivity contribution < 1.29 is 18.8 Å². The Kier molecular flexibility index (Phi) is 5.54. The zero-order valence-electron chi connectivity index (χ0n) is 11.8. The molecular formula is C13H20N2O4. The summed E-state index contributed by atoms with van der Waals surface area (Å²) >= 11 is 0. The van der Waals surface area contributed by atoms with Gasteiger partial charge in [0.1, 0.15) is 11.3 Å². The second-order valence-electron chi connectivity index (χ2n) is 4.53. The lowest BCUT2D eigenvalue weighted by Crippen LogP contribution is -2.35. The number of aromatic nitrogens is 1. The third kappa shape index (κ3) is 4.39. The van der Waals surface area contributed by atoms with Gasteiger partial charge in [0.2, 0.25) is 0 Å². The van der Waals surface area contributed by atoms with E-state index in [1.165, 1.54) is 0 Å². The first-order valence-electron chi connectivity index (χ1n) is 6.35. The smallest absolute Gasteiger partial charge is 0.344 e. The summed E-state index contributed by atoms with van der Waals surface area (Å²) in [5, 5.41) is 6.42. The van der Waals surface area contributed by atoms with Crippen LogP contribution < -0.4 is 5.32 Å². The van der Waals surface area contributed by atoms with Crippen molar-refractivity contribution in [2.45, 2.75) is 46.6 Å². The molecule has 0 bridgehead atoms. The summed E-state index contributed by atoms with van der Waals surface area (Å²) in [5.74, 6) is -0.502. The van der Waals surface area contributed by atoms with Gasteiger partial charge < -0.3 is 14.6 Å². The molecule has 0 saturated carbocycles. The highest BCUT2D eigenvalue weighted by Gasteiger charge is 2.20. The fraction of sp³-hybridized carbons (Fsp3) is 0.615. The molecule has 1 aromatic heterocycles. The molecule has 0 spiro atoms. The van der Waals surface area contributed by atoms with E-state index in [1.54, 1.807) is 13.8 Å². The van der Waals surface area contributed by atoms with Crippen LogP contribution in [0.15, 0.2) is 4.52 Å². The molecule has 1 atom stereocenters. The van der Waals surface area contributed by atoms with Crippen LogP contribution in [-0.4, -0.2) is 29.7 Å². The minimum Gasteiger partial charge on any atom is -0.452 e. The third-order valence-electron chi connectivity index (χ3n) is 2.70. The summed E-state index contributed by atoms with van der Waals surface area (Å²) in [5.41, 5.74) is 0.747. The lowest BCUT2D eigenvalue weighted by Gasteiger charge is -2.12.